The Kier molecular flexibility index (Phi) is 1.59. The van der Waals surface area contributed by atoms with Crippen molar-refractivity contribution >= 4 is 0 Å². The fourth-order valence-corrected chi connectivity index (χ4v) is 1.63. The van der Waals surface area contributed by atoms with Crippen LogP contribution in [-0.4, -0.2) is 20.2 Å². The number of nitrogens with one attached hydrogen (secondary N) is 1. The van der Waals surface area contributed by atoms with Crippen LogP contribution in [0.15, 0.2) is 24.8 Å². The number of rotatable bonds is 2. The van der Waals surface area contributed by atoms with Gasteiger partial charge in [-0.3, -0.25) is 5.10 Å². The minimum absolute atomic E-state index is 0.669. The van der Waals surface area contributed by atoms with E-state index in [1.54, 1.807) is 12.5 Å². The van der Waals surface area contributed by atoms with Crippen molar-refractivity contribution in [1.82, 2.24) is 20.2 Å². The van der Waals surface area contributed by atoms with Gasteiger partial charge in [-0.05, 0) is 18.9 Å². The average Bonchev–Trinajstić information content (AvgIpc) is 2.98. The lowest BCUT2D eigenvalue weighted by Gasteiger charge is -1.98. The van der Waals surface area contributed by atoms with E-state index in [-0.39, 0.29) is 0 Å². The standard InChI is InChI=1S/C10H10N4/c1-2-7(1)10-8(5-13-14-10)9-3-4-11-6-12-9/h3-7H,1-2H2,(H,13,14). The fourth-order valence-electron chi connectivity index (χ4n) is 1.63. The minimum Gasteiger partial charge on any atom is -0.282 e. The van der Waals surface area contributed by atoms with Crippen molar-refractivity contribution in [2.75, 3.05) is 0 Å². The molecule has 4 heteroatoms. The highest BCUT2D eigenvalue weighted by Crippen LogP contribution is 2.42. The lowest BCUT2D eigenvalue weighted by molar-refractivity contribution is 0.965. The molecule has 0 aliphatic heterocycles. The molecule has 1 N–H and O–H groups in total. The molecule has 1 aliphatic rings. The number of aromatic amines is 1. The molecule has 0 amide bonds. The summed E-state index contributed by atoms with van der Waals surface area (Å²) in [5, 5.41) is 7.13. The van der Waals surface area contributed by atoms with Gasteiger partial charge in [-0.25, -0.2) is 9.97 Å². The Morgan fingerprint density at radius 2 is 2.29 bits per heavy atom. The third-order valence-corrected chi connectivity index (χ3v) is 2.51. The normalized spacial score (nSPS) is 15.7. The van der Waals surface area contributed by atoms with Gasteiger partial charge in [0.25, 0.3) is 0 Å². The van der Waals surface area contributed by atoms with E-state index >= 15 is 0 Å². The number of nitrogens with zero attached hydrogens (tertiary/aromatic N) is 3. The first kappa shape index (κ1) is 7.67. The van der Waals surface area contributed by atoms with E-state index in [9.17, 15) is 0 Å². The first-order chi connectivity index (χ1) is 6.95. The van der Waals surface area contributed by atoms with Crippen molar-refractivity contribution < 1.29 is 0 Å². The molecule has 1 aliphatic carbocycles. The van der Waals surface area contributed by atoms with Crippen LogP contribution in [0, 0.1) is 0 Å². The third-order valence-electron chi connectivity index (χ3n) is 2.51. The smallest absolute Gasteiger partial charge is 0.116 e. The van der Waals surface area contributed by atoms with E-state index in [4.69, 9.17) is 0 Å². The fraction of sp³-hybridized carbons (Fsp3) is 0.300. The van der Waals surface area contributed by atoms with Crippen LogP contribution in [0.25, 0.3) is 11.3 Å². The molecule has 0 atom stereocenters. The summed E-state index contributed by atoms with van der Waals surface area (Å²) in [6, 6.07) is 1.91. The van der Waals surface area contributed by atoms with Gasteiger partial charge in [0.15, 0.2) is 0 Å². The zero-order valence-electron chi connectivity index (χ0n) is 7.64. The molecule has 0 spiro atoms. The van der Waals surface area contributed by atoms with Gasteiger partial charge in [0, 0.05) is 23.4 Å². The van der Waals surface area contributed by atoms with E-state index in [0.29, 0.717) is 5.92 Å². The quantitative estimate of drug-likeness (QED) is 0.777. The molecule has 0 radical (unpaired) electrons. The number of H-pyrrole nitrogens is 1. The van der Waals surface area contributed by atoms with Crippen molar-refractivity contribution in [3.05, 3.63) is 30.5 Å². The molecule has 1 saturated carbocycles. The Balaban J connectivity index is 2.07. The van der Waals surface area contributed by atoms with Crippen LogP contribution in [0.1, 0.15) is 24.5 Å². The van der Waals surface area contributed by atoms with Gasteiger partial charge in [-0.2, -0.15) is 5.10 Å². The number of hydrogen-bond donors (Lipinski definition) is 1. The molecule has 70 valence electrons. The third kappa shape index (κ3) is 1.19. The summed E-state index contributed by atoms with van der Waals surface area (Å²) >= 11 is 0. The second-order valence-electron chi connectivity index (χ2n) is 3.57. The molecule has 0 saturated heterocycles. The van der Waals surface area contributed by atoms with Crippen molar-refractivity contribution in [3.8, 4) is 11.3 Å². The highest BCUT2D eigenvalue weighted by molar-refractivity contribution is 5.61. The van der Waals surface area contributed by atoms with E-state index < -0.39 is 0 Å². The topological polar surface area (TPSA) is 54.5 Å². The molecule has 2 aromatic rings. The van der Waals surface area contributed by atoms with Gasteiger partial charge < -0.3 is 0 Å². The van der Waals surface area contributed by atoms with Gasteiger partial charge in [0.05, 0.1) is 11.9 Å². The molecule has 0 unspecified atom stereocenters. The van der Waals surface area contributed by atoms with Gasteiger partial charge in [0.2, 0.25) is 0 Å². The Morgan fingerprint density at radius 3 is 3.00 bits per heavy atom. The van der Waals surface area contributed by atoms with E-state index in [1.807, 2.05) is 12.3 Å². The second kappa shape index (κ2) is 2.90. The molecule has 0 aromatic carbocycles. The van der Waals surface area contributed by atoms with Crippen molar-refractivity contribution in [2.45, 2.75) is 18.8 Å². The maximum Gasteiger partial charge on any atom is 0.116 e. The molecule has 3 rings (SSSR count). The first-order valence-corrected chi connectivity index (χ1v) is 4.75. The summed E-state index contributed by atoms with van der Waals surface area (Å²) in [5.74, 6) is 0.669. The van der Waals surface area contributed by atoms with Gasteiger partial charge in [-0.1, -0.05) is 0 Å². The summed E-state index contributed by atoms with van der Waals surface area (Å²) in [7, 11) is 0. The van der Waals surface area contributed by atoms with Gasteiger partial charge in [0.1, 0.15) is 6.33 Å². The Hall–Kier alpha value is -1.71. The molecule has 1 fully saturated rings. The van der Waals surface area contributed by atoms with Crippen LogP contribution >= 0.6 is 0 Å². The zero-order valence-corrected chi connectivity index (χ0v) is 7.64. The Morgan fingerprint density at radius 1 is 1.36 bits per heavy atom. The average molecular weight is 186 g/mol. The Bertz CT molecular complexity index is 430. The van der Waals surface area contributed by atoms with Crippen LogP contribution in [0.2, 0.25) is 0 Å². The maximum atomic E-state index is 4.22. The molecular weight excluding hydrogens is 176 g/mol. The molecule has 0 bridgehead atoms. The molecule has 4 nitrogen and oxygen atoms in total. The summed E-state index contributed by atoms with van der Waals surface area (Å²) in [6.07, 6.45) is 7.70. The summed E-state index contributed by atoms with van der Waals surface area (Å²) < 4.78 is 0. The summed E-state index contributed by atoms with van der Waals surface area (Å²) in [6.45, 7) is 0. The molecule has 14 heavy (non-hydrogen) atoms. The van der Waals surface area contributed by atoms with E-state index in [0.717, 1.165) is 11.3 Å². The predicted octanol–water partition coefficient (Wildman–Crippen LogP) is 1.74. The van der Waals surface area contributed by atoms with Gasteiger partial charge in [-0.15, -0.1) is 0 Å². The van der Waals surface area contributed by atoms with Crippen LogP contribution in [0.5, 0.6) is 0 Å². The van der Waals surface area contributed by atoms with Crippen LogP contribution in [0.4, 0.5) is 0 Å². The van der Waals surface area contributed by atoms with Crippen molar-refractivity contribution in [1.29, 1.82) is 0 Å². The van der Waals surface area contributed by atoms with Crippen LogP contribution < -0.4 is 0 Å². The first-order valence-electron chi connectivity index (χ1n) is 4.75. The molecular formula is C10H10N4. The van der Waals surface area contributed by atoms with Crippen molar-refractivity contribution in [3.63, 3.8) is 0 Å². The second-order valence-corrected chi connectivity index (χ2v) is 3.57. The number of aromatic nitrogens is 4. The predicted molar refractivity (Wildman–Crippen MR) is 51.6 cm³/mol. The number of hydrogen-bond acceptors (Lipinski definition) is 3. The summed E-state index contributed by atoms with van der Waals surface area (Å²) in [4.78, 5) is 8.12. The van der Waals surface area contributed by atoms with Gasteiger partial charge >= 0.3 is 0 Å². The lowest BCUT2D eigenvalue weighted by atomic mass is 10.1. The minimum atomic E-state index is 0.669. The monoisotopic (exact) mass is 186 g/mol. The highest BCUT2D eigenvalue weighted by atomic mass is 15.1. The largest absolute Gasteiger partial charge is 0.282 e. The molecule has 2 heterocycles. The lowest BCUT2D eigenvalue weighted by Crippen LogP contribution is -1.87. The zero-order chi connectivity index (χ0) is 9.38. The molecule has 2 aromatic heterocycles. The van der Waals surface area contributed by atoms with Crippen molar-refractivity contribution in [2.24, 2.45) is 0 Å². The highest BCUT2D eigenvalue weighted by Gasteiger charge is 2.28. The van der Waals surface area contributed by atoms with Crippen LogP contribution in [0.3, 0.4) is 0 Å². The van der Waals surface area contributed by atoms with E-state index in [2.05, 4.69) is 20.2 Å². The SMILES string of the molecule is c1cc(-c2cn[nH]c2C2CC2)ncn1. The Labute approximate surface area is 81.4 Å². The van der Waals surface area contributed by atoms with E-state index in [1.165, 1.54) is 18.5 Å². The maximum absolute atomic E-state index is 4.22. The van der Waals surface area contributed by atoms with Crippen LogP contribution in [-0.2, 0) is 0 Å². The summed E-state index contributed by atoms with van der Waals surface area (Å²) in [5.41, 5.74) is 3.30.